The first-order valence-corrected chi connectivity index (χ1v) is 8.78. The van der Waals surface area contributed by atoms with Gasteiger partial charge in [0.15, 0.2) is 0 Å². The number of carboxylic acids is 2. The molecule has 136 valence electrons. The first-order valence-electron chi connectivity index (χ1n) is 8.78. The summed E-state index contributed by atoms with van der Waals surface area (Å²) in [6, 6.07) is 11.2. The van der Waals surface area contributed by atoms with Crippen LogP contribution < -0.4 is 10.2 Å². The molecule has 2 aromatic carbocycles. The van der Waals surface area contributed by atoms with Gasteiger partial charge in [0, 0.05) is 53.1 Å². The van der Waals surface area contributed by atoms with Crippen molar-refractivity contribution in [1.29, 1.82) is 0 Å². The molecule has 0 spiro atoms. The van der Waals surface area contributed by atoms with E-state index in [4.69, 9.17) is 0 Å². The van der Waals surface area contributed by atoms with E-state index in [1.807, 2.05) is 36.4 Å². The summed E-state index contributed by atoms with van der Waals surface area (Å²) in [5.74, 6) is -1.69. The lowest BCUT2D eigenvalue weighted by Crippen LogP contribution is -2.24. The molecular formula is C21H21NO4-2. The molecule has 0 aliphatic heterocycles. The number of carbonyl (C=O) groups is 2. The molecule has 0 aliphatic rings. The summed E-state index contributed by atoms with van der Waals surface area (Å²) in [5, 5.41) is 23.7. The maximum atomic E-state index is 10.9. The molecule has 5 nitrogen and oxygen atoms in total. The summed E-state index contributed by atoms with van der Waals surface area (Å²) in [5.41, 5.74) is 3.39. The van der Waals surface area contributed by atoms with Gasteiger partial charge in [-0.25, -0.2) is 0 Å². The third kappa shape index (κ3) is 3.72. The molecule has 0 fully saturated rings. The number of carbonyl (C=O) groups excluding carboxylic acids is 2. The summed E-state index contributed by atoms with van der Waals surface area (Å²) in [4.78, 5) is 21.9. The average Bonchev–Trinajstić information content (AvgIpc) is 2.84. The Morgan fingerprint density at radius 2 is 1.35 bits per heavy atom. The van der Waals surface area contributed by atoms with E-state index in [0.717, 1.165) is 34.8 Å². The molecule has 1 heterocycles. The molecule has 3 aromatic rings. The van der Waals surface area contributed by atoms with Gasteiger partial charge in [0.25, 0.3) is 0 Å². The van der Waals surface area contributed by atoms with E-state index in [1.165, 1.54) is 0 Å². The van der Waals surface area contributed by atoms with Gasteiger partial charge in [0.2, 0.25) is 0 Å². The van der Waals surface area contributed by atoms with Crippen molar-refractivity contribution in [2.45, 2.75) is 39.7 Å². The number of benzene rings is 2. The number of hydrogen-bond donors (Lipinski definition) is 0. The SMILES string of the molecule is CC(C)CCn1c2ccc(CC(=O)[O-])cc2c2cc(CC(=O)[O-])ccc21. The second-order valence-electron chi connectivity index (χ2n) is 7.13. The predicted molar refractivity (Wildman–Crippen MR) is 96.3 cm³/mol. The van der Waals surface area contributed by atoms with E-state index in [1.54, 1.807) is 0 Å². The van der Waals surface area contributed by atoms with Gasteiger partial charge in [-0.1, -0.05) is 26.0 Å². The van der Waals surface area contributed by atoms with Crippen LogP contribution in [-0.4, -0.2) is 16.5 Å². The van der Waals surface area contributed by atoms with E-state index in [9.17, 15) is 19.8 Å². The Morgan fingerprint density at radius 3 is 1.73 bits per heavy atom. The highest BCUT2D eigenvalue weighted by Crippen LogP contribution is 2.31. The topological polar surface area (TPSA) is 85.2 Å². The molecule has 0 N–H and O–H groups in total. The lowest BCUT2D eigenvalue weighted by atomic mass is 10.0. The number of rotatable bonds is 7. The van der Waals surface area contributed by atoms with Gasteiger partial charge in [0.05, 0.1) is 0 Å². The highest BCUT2D eigenvalue weighted by Gasteiger charge is 2.12. The smallest absolute Gasteiger partial charge is 0.0491 e. The van der Waals surface area contributed by atoms with Crippen LogP contribution in [0.1, 0.15) is 31.4 Å². The second kappa shape index (κ2) is 7.20. The third-order valence-electron chi connectivity index (χ3n) is 4.62. The zero-order valence-electron chi connectivity index (χ0n) is 15.0. The van der Waals surface area contributed by atoms with Crippen LogP contribution in [0.25, 0.3) is 21.8 Å². The Kier molecular flexibility index (Phi) is 4.98. The van der Waals surface area contributed by atoms with Crippen molar-refractivity contribution < 1.29 is 19.8 Å². The normalized spacial score (nSPS) is 11.5. The van der Waals surface area contributed by atoms with Gasteiger partial charge >= 0.3 is 0 Å². The molecule has 0 radical (unpaired) electrons. The van der Waals surface area contributed by atoms with Gasteiger partial charge < -0.3 is 24.4 Å². The van der Waals surface area contributed by atoms with Crippen molar-refractivity contribution in [1.82, 2.24) is 4.57 Å². The first-order chi connectivity index (χ1) is 12.3. The Balaban J connectivity index is 2.19. The molecule has 0 aliphatic carbocycles. The summed E-state index contributed by atoms with van der Waals surface area (Å²) in [7, 11) is 0. The maximum absolute atomic E-state index is 10.9. The van der Waals surface area contributed by atoms with Crippen molar-refractivity contribution in [3.8, 4) is 0 Å². The van der Waals surface area contributed by atoms with Gasteiger partial charge in [-0.3, -0.25) is 0 Å². The van der Waals surface area contributed by atoms with Crippen LogP contribution in [0.5, 0.6) is 0 Å². The standard InChI is InChI=1S/C21H23NO4/c1-13(2)7-8-22-18-5-3-14(11-20(23)24)9-16(18)17-10-15(12-21(25)26)4-6-19(17)22/h3-6,9-10,13H,7-8,11-12H2,1-2H3,(H,23,24)(H,25,26)/p-2. The fourth-order valence-corrected chi connectivity index (χ4v) is 3.38. The molecule has 5 heteroatoms. The Hall–Kier alpha value is -2.82. The number of aromatic nitrogens is 1. The maximum Gasteiger partial charge on any atom is 0.0491 e. The minimum Gasteiger partial charge on any atom is -0.550 e. The van der Waals surface area contributed by atoms with E-state index < -0.39 is 11.9 Å². The molecule has 26 heavy (non-hydrogen) atoms. The number of carboxylic acid groups (broad SMARTS) is 2. The molecule has 1 aromatic heterocycles. The predicted octanol–water partition coefficient (Wildman–Crippen LogP) is 1.43. The molecule has 0 unspecified atom stereocenters. The van der Waals surface area contributed by atoms with Gasteiger partial charge in [-0.05, 0) is 47.7 Å². The van der Waals surface area contributed by atoms with E-state index in [0.29, 0.717) is 17.0 Å². The Labute approximate surface area is 151 Å². The second-order valence-corrected chi connectivity index (χ2v) is 7.13. The van der Waals surface area contributed by atoms with Crippen LogP contribution in [-0.2, 0) is 29.0 Å². The zero-order valence-corrected chi connectivity index (χ0v) is 15.0. The molecule has 0 saturated heterocycles. The monoisotopic (exact) mass is 351 g/mol. The minimum atomic E-state index is -1.12. The summed E-state index contributed by atoms with van der Waals surface area (Å²) < 4.78 is 2.22. The van der Waals surface area contributed by atoms with Crippen LogP contribution in [0.4, 0.5) is 0 Å². The summed E-state index contributed by atoms with van der Waals surface area (Å²) >= 11 is 0. The molecular weight excluding hydrogens is 330 g/mol. The van der Waals surface area contributed by atoms with Crippen molar-refractivity contribution in [3.05, 3.63) is 47.5 Å². The van der Waals surface area contributed by atoms with Crippen molar-refractivity contribution >= 4 is 33.7 Å². The minimum absolute atomic E-state index is 0.145. The highest BCUT2D eigenvalue weighted by molar-refractivity contribution is 6.08. The quantitative estimate of drug-likeness (QED) is 0.644. The summed E-state index contributed by atoms with van der Waals surface area (Å²) in [6.45, 7) is 5.19. The first kappa shape index (κ1) is 18.0. The molecule has 0 bridgehead atoms. The van der Waals surface area contributed by atoms with Crippen LogP contribution in [0.15, 0.2) is 36.4 Å². The van der Waals surface area contributed by atoms with E-state index in [-0.39, 0.29) is 12.8 Å². The van der Waals surface area contributed by atoms with Crippen LogP contribution >= 0.6 is 0 Å². The van der Waals surface area contributed by atoms with Gasteiger partial charge in [0.1, 0.15) is 0 Å². The summed E-state index contributed by atoms with van der Waals surface area (Å²) in [6.07, 6.45) is 0.723. The number of aliphatic carboxylic acids is 2. The zero-order chi connectivity index (χ0) is 18.8. The number of nitrogens with zero attached hydrogens (tertiary/aromatic N) is 1. The lowest BCUT2D eigenvalue weighted by Gasteiger charge is -2.10. The fourth-order valence-electron chi connectivity index (χ4n) is 3.38. The molecule has 3 rings (SSSR count). The molecule has 0 saturated carbocycles. The van der Waals surface area contributed by atoms with Crippen molar-refractivity contribution in [2.24, 2.45) is 5.92 Å². The third-order valence-corrected chi connectivity index (χ3v) is 4.62. The van der Waals surface area contributed by atoms with Gasteiger partial charge in [-0.2, -0.15) is 0 Å². The number of fused-ring (bicyclic) bond motifs is 3. The Bertz CT molecular complexity index is 911. The molecule has 0 atom stereocenters. The van der Waals surface area contributed by atoms with E-state index in [2.05, 4.69) is 18.4 Å². The van der Waals surface area contributed by atoms with Crippen molar-refractivity contribution in [3.63, 3.8) is 0 Å². The van der Waals surface area contributed by atoms with E-state index >= 15 is 0 Å². The lowest BCUT2D eigenvalue weighted by molar-refractivity contribution is -0.306. The van der Waals surface area contributed by atoms with Gasteiger partial charge in [-0.15, -0.1) is 0 Å². The van der Waals surface area contributed by atoms with Crippen molar-refractivity contribution in [2.75, 3.05) is 0 Å². The highest BCUT2D eigenvalue weighted by atomic mass is 16.4. The molecule has 0 amide bonds. The van der Waals surface area contributed by atoms with Crippen LogP contribution in [0, 0.1) is 5.92 Å². The fraction of sp³-hybridized carbons (Fsp3) is 0.333. The number of hydrogen-bond acceptors (Lipinski definition) is 4. The average molecular weight is 351 g/mol. The van der Waals surface area contributed by atoms with Crippen LogP contribution in [0.2, 0.25) is 0 Å². The number of aryl methyl sites for hydroxylation is 1. The Morgan fingerprint density at radius 1 is 0.885 bits per heavy atom. The van der Waals surface area contributed by atoms with Crippen LogP contribution in [0.3, 0.4) is 0 Å². The largest absolute Gasteiger partial charge is 0.550 e.